The number of rotatable bonds is 3. The number of hydrogen-bond acceptors (Lipinski definition) is 2. The summed E-state index contributed by atoms with van der Waals surface area (Å²) in [7, 11) is 0. The Morgan fingerprint density at radius 1 is 1.21 bits per heavy atom. The highest BCUT2D eigenvalue weighted by atomic mass is 16.4. The first-order chi connectivity index (χ1) is 9.08. The van der Waals surface area contributed by atoms with Crippen molar-refractivity contribution in [2.45, 2.75) is 38.5 Å². The van der Waals surface area contributed by atoms with Crippen LogP contribution in [0.2, 0.25) is 0 Å². The summed E-state index contributed by atoms with van der Waals surface area (Å²) in [6.45, 7) is 1.67. The molecular weight excluding hydrogens is 240 g/mol. The molecule has 0 aromatic heterocycles. The summed E-state index contributed by atoms with van der Waals surface area (Å²) >= 11 is 0. The minimum atomic E-state index is -0.825. The first kappa shape index (κ1) is 13.5. The van der Waals surface area contributed by atoms with Crippen molar-refractivity contribution in [2.75, 3.05) is 0 Å². The van der Waals surface area contributed by atoms with Crippen LogP contribution in [0.3, 0.4) is 0 Å². The summed E-state index contributed by atoms with van der Waals surface area (Å²) in [6, 6.07) is 7.39. The maximum atomic E-state index is 11.7. The van der Waals surface area contributed by atoms with Crippen molar-refractivity contribution in [3.05, 3.63) is 41.0 Å². The fourth-order valence-corrected chi connectivity index (χ4v) is 2.28. The number of benzene rings is 1. The van der Waals surface area contributed by atoms with Crippen molar-refractivity contribution >= 4 is 17.8 Å². The van der Waals surface area contributed by atoms with Gasteiger partial charge in [-0.25, -0.2) is 0 Å². The van der Waals surface area contributed by atoms with Crippen LogP contribution in [-0.2, 0) is 9.59 Å². The third-order valence-electron chi connectivity index (χ3n) is 3.61. The van der Waals surface area contributed by atoms with E-state index in [0.717, 1.165) is 36.0 Å². The molecule has 1 aromatic carbocycles. The summed E-state index contributed by atoms with van der Waals surface area (Å²) in [6.07, 6.45) is 5.50. The van der Waals surface area contributed by atoms with E-state index in [4.69, 9.17) is 5.11 Å². The van der Waals surface area contributed by atoms with Crippen LogP contribution >= 0.6 is 0 Å². The Hall–Kier alpha value is -1.90. The van der Waals surface area contributed by atoms with Gasteiger partial charge in [0.2, 0.25) is 0 Å². The summed E-state index contributed by atoms with van der Waals surface area (Å²) < 4.78 is 0. The highest BCUT2D eigenvalue weighted by Crippen LogP contribution is 2.23. The van der Waals surface area contributed by atoms with Gasteiger partial charge in [-0.05, 0) is 49.0 Å². The number of carboxylic acids is 1. The molecule has 0 spiro atoms. The van der Waals surface area contributed by atoms with Crippen LogP contribution in [0.1, 0.15) is 49.7 Å². The second-order valence-electron chi connectivity index (χ2n) is 5.03. The zero-order valence-corrected chi connectivity index (χ0v) is 11.1. The topological polar surface area (TPSA) is 54.4 Å². The second-order valence-corrected chi connectivity index (χ2v) is 5.03. The van der Waals surface area contributed by atoms with E-state index < -0.39 is 11.9 Å². The molecule has 0 heterocycles. The number of hydrogen-bond donors (Lipinski definition) is 1. The number of ketones is 1. The Kier molecular flexibility index (Phi) is 4.15. The zero-order chi connectivity index (χ0) is 13.8. The van der Waals surface area contributed by atoms with Crippen molar-refractivity contribution < 1.29 is 14.7 Å². The lowest BCUT2D eigenvalue weighted by molar-refractivity contribution is -0.138. The Bertz CT molecular complexity index is 511. The van der Waals surface area contributed by atoms with Crippen molar-refractivity contribution in [3.8, 4) is 0 Å². The van der Waals surface area contributed by atoms with Gasteiger partial charge >= 0.3 is 5.97 Å². The van der Waals surface area contributed by atoms with Crippen LogP contribution < -0.4 is 0 Å². The zero-order valence-electron chi connectivity index (χ0n) is 11.1. The van der Waals surface area contributed by atoms with E-state index in [2.05, 4.69) is 0 Å². The maximum absolute atomic E-state index is 11.7. The van der Waals surface area contributed by atoms with Gasteiger partial charge in [-0.1, -0.05) is 24.3 Å². The minimum absolute atomic E-state index is 0.245. The van der Waals surface area contributed by atoms with Gasteiger partial charge in [0.05, 0.1) is 5.92 Å². The van der Waals surface area contributed by atoms with Gasteiger partial charge in [-0.15, -0.1) is 0 Å². The molecule has 3 nitrogen and oxygen atoms in total. The molecule has 0 radical (unpaired) electrons. The molecule has 0 amide bonds. The molecule has 1 fully saturated rings. The normalized spacial score (nSPS) is 19.4. The molecule has 2 rings (SSSR count). The molecule has 1 atom stereocenters. The lowest BCUT2D eigenvalue weighted by Gasteiger charge is -2.12. The smallest absolute Gasteiger partial charge is 0.310 e. The number of carbonyl (C=O) groups excluding carboxylic acids is 1. The number of carboxylic acid groups (broad SMARTS) is 1. The third kappa shape index (κ3) is 3.31. The number of Topliss-reactive ketones (excluding diaryl/α,β-unsaturated/α-hetero) is 1. The van der Waals surface area contributed by atoms with E-state index in [1.165, 1.54) is 0 Å². The second kappa shape index (κ2) is 5.83. The van der Waals surface area contributed by atoms with E-state index in [1.807, 2.05) is 30.3 Å². The first-order valence-electron chi connectivity index (χ1n) is 6.64. The Morgan fingerprint density at radius 2 is 1.84 bits per heavy atom. The molecule has 0 saturated heterocycles. The third-order valence-corrected chi connectivity index (χ3v) is 3.61. The fraction of sp³-hybridized carbons (Fsp3) is 0.375. The number of carbonyl (C=O) groups is 2. The minimum Gasteiger partial charge on any atom is -0.481 e. The van der Waals surface area contributed by atoms with E-state index in [-0.39, 0.29) is 5.78 Å². The number of aliphatic carboxylic acids is 1. The quantitative estimate of drug-likeness (QED) is 0.845. The summed E-state index contributed by atoms with van der Waals surface area (Å²) in [5.74, 6) is -1.08. The maximum Gasteiger partial charge on any atom is 0.310 e. The Labute approximate surface area is 113 Å². The number of allylic oxidation sites excluding steroid dienone is 1. The SMILES string of the molecule is C[C@@H](C(=O)O)c1ccc(/C=C2/CCCCC2=O)cc1. The van der Waals surface area contributed by atoms with Crippen LogP contribution in [0.15, 0.2) is 29.8 Å². The molecule has 1 aliphatic rings. The molecule has 0 unspecified atom stereocenters. The van der Waals surface area contributed by atoms with Gasteiger partial charge in [0, 0.05) is 6.42 Å². The van der Waals surface area contributed by atoms with Gasteiger partial charge < -0.3 is 5.11 Å². The van der Waals surface area contributed by atoms with Crippen molar-refractivity contribution in [3.63, 3.8) is 0 Å². The lowest BCUT2D eigenvalue weighted by atomic mass is 9.91. The molecule has 0 bridgehead atoms. The van der Waals surface area contributed by atoms with E-state index in [9.17, 15) is 9.59 Å². The highest BCUT2D eigenvalue weighted by Gasteiger charge is 2.15. The monoisotopic (exact) mass is 258 g/mol. The van der Waals surface area contributed by atoms with Crippen molar-refractivity contribution in [1.29, 1.82) is 0 Å². The van der Waals surface area contributed by atoms with Crippen molar-refractivity contribution in [2.24, 2.45) is 0 Å². The predicted molar refractivity (Wildman–Crippen MR) is 73.9 cm³/mol. The average Bonchev–Trinajstić information content (AvgIpc) is 2.41. The van der Waals surface area contributed by atoms with Gasteiger partial charge in [-0.2, -0.15) is 0 Å². The van der Waals surface area contributed by atoms with Crippen LogP contribution in [0.5, 0.6) is 0 Å². The predicted octanol–water partition coefficient (Wildman–Crippen LogP) is 3.40. The Morgan fingerprint density at radius 3 is 2.42 bits per heavy atom. The average molecular weight is 258 g/mol. The van der Waals surface area contributed by atoms with Crippen LogP contribution in [-0.4, -0.2) is 16.9 Å². The molecule has 3 heteroatoms. The van der Waals surface area contributed by atoms with Crippen LogP contribution in [0, 0.1) is 0 Å². The molecule has 1 aromatic rings. The standard InChI is InChI=1S/C16H18O3/c1-11(16(18)19)13-8-6-12(7-9-13)10-14-4-2-3-5-15(14)17/h6-11H,2-5H2,1H3,(H,18,19)/b14-10-/t11-/m1/s1. The molecule has 1 N–H and O–H groups in total. The van der Waals surface area contributed by atoms with Crippen molar-refractivity contribution in [1.82, 2.24) is 0 Å². The molecule has 100 valence electrons. The van der Waals surface area contributed by atoms with E-state index in [1.54, 1.807) is 6.92 Å². The molecular formula is C16H18O3. The molecule has 19 heavy (non-hydrogen) atoms. The van der Waals surface area contributed by atoms with Crippen LogP contribution in [0.25, 0.3) is 6.08 Å². The van der Waals surface area contributed by atoms with Crippen LogP contribution in [0.4, 0.5) is 0 Å². The largest absolute Gasteiger partial charge is 0.481 e. The van der Waals surface area contributed by atoms with E-state index in [0.29, 0.717) is 6.42 Å². The van der Waals surface area contributed by atoms with Gasteiger partial charge in [-0.3, -0.25) is 9.59 Å². The summed E-state index contributed by atoms with van der Waals surface area (Å²) in [5.41, 5.74) is 2.64. The van der Waals surface area contributed by atoms with E-state index >= 15 is 0 Å². The van der Waals surface area contributed by atoms with Gasteiger partial charge in [0.15, 0.2) is 5.78 Å². The first-order valence-corrected chi connectivity index (χ1v) is 6.64. The highest BCUT2D eigenvalue weighted by molar-refractivity contribution is 6.00. The lowest BCUT2D eigenvalue weighted by Crippen LogP contribution is -2.08. The molecule has 1 aliphatic carbocycles. The summed E-state index contributed by atoms with van der Waals surface area (Å²) in [4.78, 5) is 22.6. The molecule has 0 aliphatic heterocycles. The Balaban J connectivity index is 2.16. The van der Waals surface area contributed by atoms with Gasteiger partial charge in [0.1, 0.15) is 0 Å². The molecule has 1 saturated carbocycles. The van der Waals surface area contributed by atoms with Gasteiger partial charge in [0.25, 0.3) is 0 Å². The summed E-state index contributed by atoms with van der Waals surface area (Å²) in [5, 5.41) is 8.94. The fourth-order valence-electron chi connectivity index (χ4n) is 2.28.